The van der Waals surface area contributed by atoms with Crippen molar-refractivity contribution >= 4 is 0 Å². The van der Waals surface area contributed by atoms with Crippen LogP contribution in [0.15, 0.2) is 12.4 Å². The molecule has 80 valence electrons. The molecule has 0 aliphatic rings. The van der Waals surface area contributed by atoms with Crippen LogP contribution in [-0.4, -0.2) is 51.0 Å². The van der Waals surface area contributed by atoms with Crippen LogP contribution in [0.5, 0.6) is 0 Å². The predicted octanol–water partition coefficient (Wildman–Crippen LogP) is -0.793. The lowest BCUT2D eigenvalue weighted by atomic mass is 10.4. The molecule has 0 unspecified atom stereocenters. The highest BCUT2D eigenvalue weighted by Gasteiger charge is 2.07. The number of aryl methyl sites for hydroxylation is 1. The highest BCUT2D eigenvalue weighted by molar-refractivity contribution is 4.90. The molecule has 0 spiro atoms. The Labute approximate surface area is 83.6 Å². The van der Waals surface area contributed by atoms with Gasteiger partial charge in [-0.3, -0.25) is 4.90 Å². The van der Waals surface area contributed by atoms with Crippen molar-refractivity contribution < 1.29 is 10.2 Å². The first kappa shape index (κ1) is 11.2. The molecule has 1 aromatic rings. The highest BCUT2D eigenvalue weighted by Crippen LogP contribution is 2.00. The minimum absolute atomic E-state index is 0.102. The van der Waals surface area contributed by atoms with Gasteiger partial charge in [-0.05, 0) is 0 Å². The summed E-state index contributed by atoms with van der Waals surface area (Å²) in [5.74, 6) is 0.937. The monoisotopic (exact) mass is 199 g/mol. The minimum Gasteiger partial charge on any atom is -0.395 e. The van der Waals surface area contributed by atoms with Crippen LogP contribution in [0.1, 0.15) is 5.82 Å². The van der Waals surface area contributed by atoms with Crippen molar-refractivity contribution in [3.63, 3.8) is 0 Å². The maximum absolute atomic E-state index is 8.81. The van der Waals surface area contributed by atoms with Gasteiger partial charge in [0.15, 0.2) is 0 Å². The Morgan fingerprint density at radius 2 is 2.00 bits per heavy atom. The quantitative estimate of drug-likeness (QED) is 0.630. The minimum atomic E-state index is 0.102. The molecule has 0 saturated carbocycles. The molecule has 0 aromatic carbocycles. The van der Waals surface area contributed by atoms with Crippen molar-refractivity contribution in [2.45, 2.75) is 6.54 Å². The largest absolute Gasteiger partial charge is 0.395 e. The van der Waals surface area contributed by atoms with E-state index in [2.05, 4.69) is 4.98 Å². The standard InChI is InChI=1S/C9H17N3O2/c1-11-3-2-10-9(11)8-12(4-6-13)5-7-14/h2-3,13-14H,4-8H2,1H3. The molecule has 0 saturated heterocycles. The van der Waals surface area contributed by atoms with Crippen molar-refractivity contribution in [3.8, 4) is 0 Å². The van der Waals surface area contributed by atoms with Crippen LogP contribution in [0.4, 0.5) is 0 Å². The first-order valence-electron chi connectivity index (χ1n) is 4.68. The lowest BCUT2D eigenvalue weighted by molar-refractivity contribution is 0.152. The van der Waals surface area contributed by atoms with E-state index in [4.69, 9.17) is 10.2 Å². The molecule has 0 bridgehead atoms. The maximum Gasteiger partial charge on any atom is 0.122 e. The van der Waals surface area contributed by atoms with E-state index in [0.717, 1.165) is 5.82 Å². The van der Waals surface area contributed by atoms with Crippen LogP contribution in [-0.2, 0) is 13.6 Å². The Morgan fingerprint density at radius 1 is 1.36 bits per heavy atom. The lowest BCUT2D eigenvalue weighted by Crippen LogP contribution is -2.30. The molecular weight excluding hydrogens is 182 g/mol. The van der Waals surface area contributed by atoms with Crippen LogP contribution >= 0.6 is 0 Å². The normalized spacial score (nSPS) is 11.1. The van der Waals surface area contributed by atoms with Gasteiger partial charge in [0.1, 0.15) is 5.82 Å². The van der Waals surface area contributed by atoms with Crippen molar-refractivity contribution in [2.75, 3.05) is 26.3 Å². The summed E-state index contributed by atoms with van der Waals surface area (Å²) in [5.41, 5.74) is 0. The Kier molecular flexibility index (Phi) is 4.58. The molecule has 0 fully saturated rings. The number of hydrogen-bond donors (Lipinski definition) is 2. The van der Waals surface area contributed by atoms with Gasteiger partial charge in [0.05, 0.1) is 19.8 Å². The fourth-order valence-electron chi connectivity index (χ4n) is 1.30. The third-order valence-corrected chi connectivity index (χ3v) is 2.12. The number of rotatable bonds is 6. The summed E-state index contributed by atoms with van der Waals surface area (Å²) in [6.45, 7) is 1.99. The van der Waals surface area contributed by atoms with E-state index < -0.39 is 0 Å². The number of aromatic nitrogens is 2. The van der Waals surface area contributed by atoms with Crippen molar-refractivity contribution in [2.24, 2.45) is 7.05 Å². The average molecular weight is 199 g/mol. The van der Waals surface area contributed by atoms with Gasteiger partial charge in [0.25, 0.3) is 0 Å². The van der Waals surface area contributed by atoms with Crippen LogP contribution in [0.2, 0.25) is 0 Å². The fourth-order valence-corrected chi connectivity index (χ4v) is 1.30. The van der Waals surface area contributed by atoms with Crippen molar-refractivity contribution in [3.05, 3.63) is 18.2 Å². The van der Waals surface area contributed by atoms with E-state index in [1.807, 2.05) is 22.7 Å². The zero-order valence-corrected chi connectivity index (χ0v) is 8.43. The first-order valence-corrected chi connectivity index (χ1v) is 4.68. The Morgan fingerprint density at radius 3 is 2.43 bits per heavy atom. The first-order chi connectivity index (χ1) is 6.77. The molecule has 0 atom stereocenters. The summed E-state index contributed by atoms with van der Waals surface area (Å²) >= 11 is 0. The smallest absolute Gasteiger partial charge is 0.122 e. The molecule has 14 heavy (non-hydrogen) atoms. The summed E-state index contributed by atoms with van der Waals surface area (Å²) in [5, 5.41) is 17.6. The van der Waals surface area contributed by atoms with Gasteiger partial charge in [-0.25, -0.2) is 4.98 Å². The molecule has 5 heteroatoms. The fraction of sp³-hybridized carbons (Fsp3) is 0.667. The lowest BCUT2D eigenvalue weighted by Gasteiger charge is -2.19. The van der Waals surface area contributed by atoms with Gasteiger partial charge in [-0.15, -0.1) is 0 Å². The molecule has 1 rings (SSSR count). The van der Waals surface area contributed by atoms with E-state index in [1.165, 1.54) is 0 Å². The molecule has 0 aliphatic carbocycles. The molecule has 1 aromatic heterocycles. The third-order valence-electron chi connectivity index (χ3n) is 2.12. The predicted molar refractivity (Wildman–Crippen MR) is 52.7 cm³/mol. The summed E-state index contributed by atoms with van der Waals surface area (Å²) in [6.07, 6.45) is 3.62. The van der Waals surface area contributed by atoms with Crippen molar-refractivity contribution in [1.29, 1.82) is 0 Å². The van der Waals surface area contributed by atoms with Crippen LogP contribution in [0, 0.1) is 0 Å². The van der Waals surface area contributed by atoms with E-state index in [-0.39, 0.29) is 13.2 Å². The SMILES string of the molecule is Cn1ccnc1CN(CCO)CCO. The summed E-state index contributed by atoms with van der Waals surface area (Å²) in [6, 6.07) is 0. The Balaban J connectivity index is 2.50. The summed E-state index contributed by atoms with van der Waals surface area (Å²) < 4.78 is 1.93. The van der Waals surface area contributed by atoms with Gasteiger partial charge in [0, 0.05) is 32.5 Å². The van der Waals surface area contributed by atoms with Crippen molar-refractivity contribution in [1.82, 2.24) is 14.5 Å². The molecule has 0 radical (unpaired) electrons. The van der Waals surface area contributed by atoms with Gasteiger partial charge in [-0.1, -0.05) is 0 Å². The molecular formula is C9H17N3O2. The van der Waals surface area contributed by atoms with Gasteiger partial charge in [-0.2, -0.15) is 0 Å². The molecule has 2 N–H and O–H groups in total. The second-order valence-electron chi connectivity index (χ2n) is 3.18. The summed E-state index contributed by atoms with van der Waals surface area (Å²) in [7, 11) is 1.93. The van der Waals surface area contributed by atoms with E-state index in [9.17, 15) is 0 Å². The Bertz CT molecular complexity index is 256. The zero-order valence-electron chi connectivity index (χ0n) is 8.43. The molecule has 0 aliphatic heterocycles. The maximum atomic E-state index is 8.81. The zero-order chi connectivity index (χ0) is 10.4. The number of hydrogen-bond acceptors (Lipinski definition) is 4. The van der Waals surface area contributed by atoms with Gasteiger partial charge >= 0.3 is 0 Å². The molecule has 0 amide bonds. The number of aliphatic hydroxyl groups excluding tert-OH is 2. The second kappa shape index (κ2) is 5.74. The van der Waals surface area contributed by atoms with Crippen LogP contribution in [0.3, 0.4) is 0 Å². The average Bonchev–Trinajstić information content (AvgIpc) is 2.53. The van der Waals surface area contributed by atoms with Gasteiger partial charge in [0.2, 0.25) is 0 Å². The van der Waals surface area contributed by atoms with Crippen LogP contribution < -0.4 is 0 Å². The molecule has 1 heterocycles. The van der Waals surface area contributed by atoms with E-state index in [0.29, 0.717) is 19.6 Å². The third kappa shape index (κ3) is 3.10. The molecule has 5 nitrogen and oxygen atoms in total. The number of nitrogens with zero attached hydrogens (tertiary/aromatic N) is 3. The second-order valence-corrected chi connectivity index (χ2v) is 3.18. The summed E-state index contributed by atoms with van der Waals surface area (Å²) in [4.78, 5) is 6.14. The topological polar surface area (TPSA) is 61.5 Å². The highest BCUT2D eigenvalue weighted by atomic mass is 16.3. The van der Waals surface area contributed by atoms with E-state index in [1.54, 1.807) is 6.20 Å². The van der Waals surface area contributed by atoms with Gasteiger partial charge < -0.3 is 14.8 Å². The van der Waals surface area contributed by atoms with E-state index >= 15 is 0 Å². The number of aliphatic hydroxyl groups is 2. The number of imidazole rings is 1. The Hall–Kier alpha value is -0.910. The van der Waals surface area contributed by atoms with Crippen LogP contribution in [0.25, 0.3) is 0 Å².